The van der Waals surface area contributed by atoms with Crippen molar-refractivity contribution in [1.29, 1.82) is 0 Å². The van der Waals surface area contributed by atoms with Gasteiger partial charge in [0.25, 0.3) is 5.69 Å². The average molecular weight is 204 g/mol. The van der Waals surface area contributed by atoms with E-state index in [1.807, 2.05) is 0 Å². The molecule has 0 aliphatic rings. The van der Waals surface area contributed by atoms with Crippen LogP contribution in [0.15, 0.2) is 18.2 Å². The van der Waals surface area contributed by atoms with Gasteiger partial charge < -0.3 is 5.73 Å². The first-order valence-corrected chi connectivity index (χ1v) is 4.11. The molecule has 1 aromatic rings. The zero-order valence-electron chi connectivity index (χ0n) is 7.77. The fourth-order valence-corrected chi connectivity index (χ4v) is 1.02. The summed E-state index contributed by atoms with van der Waals surface area (Å²) in [5.41, 5.74) is 5.49. The maximum atomic E-state index is 10.6. The molecule has 0 saturated heterocycles. The number of aldehydes is 1. The van der Waals surface area contributed by atoms with Crippen molar-refractivity contribution < 1.29 is 9.72 Å². The van der Waals surface area contributed by atoms with E-state index in [-0.39, 0.29) is 23.4 Å². The number of benzene rings is 1. The third kappa shape index (κ3) is 2.62. The summed E-state index contributed by atoms with van der Waals surface area (Å²) in [4.78, 5) is 20.5. The summed E-state index contributed by atoms with van der Waals surface area (Å²) >= 11 is 0. The van der Waals surface area contributed by atoms with Gasteiger partial charge in [-0.2, -0.15) is 0 Å². The molecule has 76 valence electrons. The number of nitrogens with two attached hydrogens (primary N) is 1. The second-order valence-corrected chi connectivity index (χ2v) is 2.66. The Morgan fingerprint density at radius 1 is 1.53 bits per heavy atom. The Hall–Kier alpha value is -2.19. The average Bonchev–Trinajstić information content (AvgIpc) is 2.26. The minimum Gasteiger partial charge on any atom is -0.320 e. The highest BCUT2D eigenvalue weighted by Crippen LogP contribution is 2.18. The Kier molecular flexibility index (Phi) is 3.55. The van der Waals surface area contributed by atoms with Crippen LogP contribution in [0.3, 0.4) is 0 Å². The summed E-state index contributed by atoms with van der Waals surface area (Å²) < 4.78 is 0. The second kappa shape index (κ2) is 4.88. The Balaban J connectivity index is 3.27. The minimum atomic E-state index is -0.576. The molecule has 0 amide bonds. The molecular weight excluding hydrogens is 196 g/mol. The topological polar surface area (TPSA) is 86.2 Å². The predicted octanol–water partition coefficient (Wildman–Crippen LogP) is 0.718. The Labute approximate surface area is 86.0 Å². The summed E-state index contributed by atoms with van der Waals surface area (Å²) in [7, 11) is 0. The van der Waals surface area contributed by atoms with E-state index in [1.54, 1.807) is 0 Å². The second-order valence-electron chi connectivity index (χ2n) is 2.66. The number of carbonyl (C=O) groups is 1. The molecule has 5 nitrogen and oxygen atoms in total. The molecular formula is C10H8N2O3. The molecule has 0 spiro atoms. The molecule has 0 atom stereocenters. The first kappa shape index (κ1) is 10.9. The van der Waals surface area contributed by atoms with E-state index in [1.165, 1.54) is 18.2 Å². The van der Waals surface area contributed by atoms with Crippen LogP contribution in [0.4, 0.5) is 5.69 Å². The Bertz CT molecular complexity index is 457. The summed E-state index contributed by atoms with van der Waals surface area (Å²) in [5.74, 6) is 5.10. The van der Waals surface area contributed by atoms with Crippen LogP contribution in [-0.4, -0.2) is 17.8 Å². The molecule has 0 aliphatic heterocycles. The van der Waals surface area contributed by atoms with Gasteiger partial charge in [0.05, 0.1) is 11.5 Å². The van der Waals surface area contributed by atoms with Gasteiger partial charge in [0, 0.05) is 11.6 Å². The molecule has 0 saturated carbocycles. The van der Waals surface area contributed by atoms with Crippen molar-refractivity contribution in [2.75, 3.05) is 6.54 Å². The van der Waals surface area contributed by atoms with Gasteiger partial charge in [-0.15, -0.1) is 0 Å². The highest BCUT2D eigenvalue weighted by molar-refractivity contribution is 5.77. The first-order valence-electron chi connectivity index (χ1n) is 4.11. The zero-order chi connectivity index (χ0) is 11.3. The number of nitrogens with zero attached hydrogens (tertiary/aromatic N) is 1. The smallest absolute Gasteiger partial charge is 0.285 e. The number of hydrogen-bond donors (Lipinski definition) is 1. The van der Waals surface area contributed by atoms with Crippen LogP contribution in [0.2, 0.25) is 0 Å². The molecule has 0 aromatic heterocycles. The molecule has 1 rings (SSSR count). The largest absolute Gasteiger partial charge is 0.320 e. The lowest BCUT2D eigenvalue weighted by Crippen LogP contribution is -1.96. The third-order valence-electron chi connectivity index (χ3n) is 1.68. The molecule has 1 aromatic carbocycles. The first-order chi connectivity index (χ1) is 7.19. The summed E-state index contributed by atoms with van der Waals surface area (Å²) in [5, 5.41) is 10.6. The lowest BCUT2D eigenvalue weighted by Gasteiger charge is -1.96. The van der Waals surface area contributed by atoms with Crippen molar-refractivity contribution in [1.82, 2.24) is 0 Å². The Morgan fingerprint density at radius 2 is 2.27 bits per heavy atom. The van der Waals surface area contributed by atoms with E-state index < -0.39 is 4.92 Å². The molecule has 0 radical (unpaired) electrons. The SMILES string of the molecule is NCC#Cc1ccc(C=O)cc1[N+](=O)[O-]. The van der Waals surface area contributed by atoms with Crippen LogP contribution < -0.4 is 5.73 Å². The van der Waals surface area contributed by atoms with Gasteiger partial charge in [-0.1, -0.05) is 11.8 Å². The van der Waals surface area contributed by atoms with Gasteiger partial charge in [0.2, 0.25) is 0 Å². The predicted molar refractivity (Wildman–Crippen MR) is 54.4 cm³/mol. The van der Waals surface area contributed by atoms with Gasteiger partial charge in [-0.3, -0.25) is 14.9 Å². The highest BCUT2D eigenvalue weighted by Gasteiger charge is 2.12. The van der Waals surface area contributed by atoms with Crippen LogP contribution in [0, 0.1) is 22.0 Å². The number of nitro benzene ring substituents is 1. The van der Waals surface area contributed by atoms with Crippen LogP contribution in [0.5, 0.6) is 0 Å². The molecule has 0 unspecified atom stereocenters. The van der Waals surface area contributed by atoms with Crippen LogP contribution >= 0.6 is 0 Å². The van der Waals surface area contributed by atoms with Crippen molar-refractivity contribution in [3.63, 3.8) is 0 Å². The number of nitro groups is 1. The van der Waals surface area contributed by atoms with Crippen molar-refractivity contribution in [2.24, 2.45) is 5.73 Å². The van der Waals surface area contributed by atoms with E-state index in [0.29, 0.717) is 6.29 Å². The summed E-state index contributed by atoms with van der Waals surface area (Å²) in [6.07, 6.45) is 0.549. The summed E-state index contributed by atoms with van der Waals surface area (Å²) in [6.45, 7) is 0.132. The minimum absolute atomic E-state index is 0.132. The van der Waals surface area contributed by atoms with E-state index in [0.717, 1.165) is 0 Å². The van der Waals surface area contributed by atoms with E-state index in [2.05, 4.69) is 11.8 Å². The van der Waals surface area contributed by atoms with Gasteiger partial charge in [0.15, 0.2) is 0 Å². The van der Waals surface area contributed by atoms with E-state index >= 15 is 0 Å². The normalized spacial score (nSPS) is 8.87. The van der Waals surface area contributed by atoms with E-state index in [4.69, 9.17) is 5.73 Å². The summed E-state index contributed by atoms with van der Waals surface area (Å²) in [6, 6.07) is 4.10. The highest BCUT2D eigenvalue weighted by atomic mass is 16.6. The van der Waals surface area contributed by atoms with Gasteiger partial charge in [-0.25, -0.2) is 0 Å². The van der Waals surface area contributed by atoms with Crippen LogP contribution in [-0.2, 0) is 0 Å². The van der Waals surface area contributed by atoms with Gasteiger partial charge in [0.1, 0.15) is 11.8 Å². The number of rotatable bonds is 2. The fourth-order valence-electron chi connectivity index (χ4n) is 1.02. The standard InChI is InChI=1S/C10H8N2O3/c11-5-1-2-9-4-3-8(7-13)6-10(9)12(14)15/h3-4,6-7H,5,11H2. The number of hydrogen-bond acceptors (Lipinski definition) is 4. The fraction of sp³-hybridized carbons (Fsp3) is 0.100. The lowest BCUT2D eigenvalue weighted by atomic mass is 10.1. The monoisotopic (exact) mass is 204 g/mol. The maximum Gasteiger partial charge on any atom is 0.285 e. The lowest BCUT2D eigenvalue weighted by molar-refractivity contribution is -0.385. The van der Waals surface area contributed by atoms with Crippen LogP contribution in [0.1, 0.15) is 15.9 Å². The van der Waals surface area contributed by atoms with E-state index in [9.17, 15) is 14.9 Å². The van der Waals surface area contributed by atoms with Crippen molar-refractivity contribution in [3.8, 4) is 11.8 Å². The molecule has 5 heteroatoms. The quantitative estimate of drug-likeness (QED) is 0.333. The zero-order valence-corrected chi connectivity index (χ0v) is 7.77. The third-order valence-corrected chi connectivity index (χ3v) is 1.68. The van der Waals surface area contributed by atoms with Crippen molar-refractivity contribution >= 4 is 12.0 Å². The molecule has 2 N–H and O–H groups in total. The Morgan fingerprint density at radius 3 is 2.80 bits per heavy atom. The van der Waals surface area contributed by atoms with Gasteiger partial charge in [-0.05, 0) is 12.1 Å². The number of carbonyl (C=O) groups excluding carboxylic acids is 1. The molecule has 15 heavy (non-hydrogen) atoms. The maximum absolute atomic E-state index is 10.6. The van der Waals surface area contributed by atoms with Gasteiger partial charge >= 0.3 is 0 Å². The van der Waals surface area contributed by atoms with Crippen molar-refractivity contribution in [3.05, 3.63) is 39.4 Å². The molecule has 0 bridgehead atoms. The molecule has 0 fully saturated rings. The molecule has 0 aliphatic carbocycles. The van der Waals surface area contributed by atoms with Crippen LogP contribution in [0.25, 0.3) is 0 Å². The van der Waals surface area contributed by atoms with Crippen molar-refractivity contribution in [2.45, 2.75) is 0 Å². The molecule has 0 heterocycles.